The second-order valence-electron chi connectivity index (χ2n) is 5.93. The van der Waals surface area contributed by atoms with Crippen LogP contribution in [-0.4, -0.2) is 65.4 Å². The Balaban J connectivity index is 1.51. The first kappa shape index (κ1) is 18.0. The number of benzene rings is 1. The van der Waals surface area contributed by atoms with E-state index in [0.717, 1.165) is 50.8 Å². The SMILES string of the molecule is CC(=O)Nc1ccc(Nc2nncc(NCCN3CCOCC3)n2)cc1. The van der Waals surface area contributed by atoms with Gasteiger partial charge in [-0.05, 0) is 24.3 Å². The number of ether oxygens (including phenoxy) is 1. The van der Waals surface area contributed by atoms with Crippen molar-refractivity contribution < 1.29 is 9.53 Å². The van der Waals surface area contributed by atoms with Gasteiger partial charge in [0, 0.05) is 44.5 Å². The fourth-order valence-electron chi connectivity index (χ4n) is 2.58. The van der Waals surface area contributed by atoms with Crippen molar-refractivity contribution in [1.29, 1.82) is 0 Å². The zero-order valence-corrected chi connectivity index (χ0v) is 14.7. The fourth-order valence-corrected chi connectivity index (χ4v) is 2.58. The van der Waals surface area contributed by atoms with E-state index in [2.05, 4.69) is 36.0 Å². The number of rotatable bonds is 7. The number of hydrogen-bond donors (Lipinski definition) is 3. The molecule has 2 aromatic rings. The first-order valence-corrected chi connectivity index (χ1v) is 8.57. The van der Waals surface area contributed by atoms with Crippen LogP contribution in [0.5, 0.6) is 0 Å². The summed E-state index contributed by atoms with van der Waals surface area (Å²) in [4.78, 5) is 17.8. The molecule has 9 heteroatoms. The minimum absolute atomic E-state index is 0.103. The summed E-state index contributed by atoms with van der Waals surface area (Å²) in [6, 6.07) is 7.30. The lowest BCUT2D eigenvalue weighted by atomic mass is 10.3. The van der Waals surface area contributed by atoms with E-state index in [1.165, 1.54) is 6.92 Å². The van der Waals surface area contributed by atoms with Crippen LogP contribution in [0.3, 0.4) is 0 Å². The molecule has 1 saturated heterocycles. The van der Waals surface area contributed by atoms with Gasteiger partial charge in [-0.3, -0.25) is 9.69 Å². The van der Waals surface area contributed by atoms with E-state index >= 15 is 0 Å². The van der Waals surface area contributed by atoms with Crippen LogP contribution >= 0.6 is 0 Å². The van der Waals surface area contributed by atoms with Crippen LogP contribution in [0.1, 0.15) is 6.92 Å². The number of morpholine rings is 1. The first-order chi connectivity index (χ1) is 12.7. The number of anilines is 4. The van der Waals surface area contributed by atoms with E-state index in [-0.39, 0.29) is 5.91 Å². The number of amides is 1. The summed E-state index contributed by atoms with van der Waals surface area (Å²) in [5.41, 5.74) is 1.55. The van der Waals surface area contributed by atoms with Crippen molar-refractivity contribution in [3.05, 3.63) is 30.5 Å². The highest BCUT2D eigenvalue weighted by Crippen LogP contribution is 2.17. The molecule has 0 atom stereocenters. The maximum atomic E-state index is 11.0. The third-order valence-electron chi connectivity index (χ3n) is 3.86. The van der Waals surface area contributed by atoms with E-state index in [4.69, 9.17) is 4.74 Å². The van der Waals surface area contributed by atoms with Crippen molar-refractivity contribution in [2.75, 3.05) is 55.3 Å². The Morgan fingerprint density at radius 1 is 1.19 bits per heavy atom. The maximum absolute atomic E-state index is 11.0. The van der Waals surface area contributed by atoms with Gasteiger partial charge in [0.2, 0.25) is 11.9 Å². The molecule has 0 spiro atoms. The number of carbonyl (C=O) groups is 1. The van der Waals surface area contributed by atoms with Gasteiger partial charge in [0.25, 0.3) is 0 Å². The number of aromatic nitrogens is 3. The van der Waals surface area contributed by atoms with E-state index < -0.39 is 0 Å². The average Bonchev–Trinajstić information content (AvgIpc) is 2.64. The molecule has 1 amide bonds. The summed E-state index contributed by atoms with van der Waals surface area (Å²) in [7, 11) is 0. The van der Waals surface area contributed by atoms with Gasteiger partial charge in [-0.2, -0.15) is 10.1 Å². The molecule has 0 aliphatic carbocycles. The number of carbonyl (C=O) groups excluding carboxylic acids is 1. The molecule has 1 fully saturated rings. The summed E-state index contributed by atoms with van der Waals surface area (Å²) in [6.07, 6.45) is 1.60. The molecule has 0 radical (unpaired) electrons. The molecule has 1 aliphatic rings. The predicted octanol–water partition coefficient (Wildman–Crippen LogP) is 1.32. The lowest BCUT2D eigenvalue weighted by molar-refractivity contribution is -0.114. The van der Waals surface area contributed by atoms with Crippen LogP contribution in [0.25, 0.3) is 0 Å². The summed E-state index contributed by atoms with van der Waals surface area (Å²) >= 11 is 0. The van der Waals surface area contributed by atoms with Gasteiger partial charge in [-0.15, -0.1) is 5.10 Å². The van der Waals surface area contributed by atoms with Crippen molar-refractivity contribution in [2.24, 2.45) is 0 Å². The first-order valence-electron chi connectivity index (χ1n) is 8.57. The molecule has 1 aromatic carbocycles. The van der Waals surface area contributed by atoms with Crippen LogP contribution in [0, 0.1) is 0 Å². The highest BCUT2D eigenvalue weighted by Gasteiger charge is 2.09. The largest absolute Gasteiger partial charge is 0.379 e. The molecule has 0 unspecified atom stereocenters. The quantitative estimate of drug-likeness (QED) is 0.681. The van der Waals surface area contributed by atoms with Gasteiger partial charge in [-0.1, -0.05) is 0 Å². The van der Waals surface area contributed by atoms with Crippen LogP contribution in [0.15, 0.2) is 30.5 Å². The fraction of sp³-hybridized carbons (Fsp3) is 0.412. The minimum atomic E-state index is -0.103. The van der Waals surface area contributed by atoms with Crippen molar-refractivity contribution in [3.63, 3.8) is 0 Å². The zero-order valence-electron chi connectivity index (χ0n) is 14.7. The maximum Gasteiger partial charge on any atom is 0.249 e. The Kier molecular flexibility index (Phi) is 6.29. The topological polar surface area (TPSA) is 104 Å². The van der Waals surface area contributed by atoms with Crippen LogP contribution in [0.4, 0.5) is 23.1 Å². The van der Waals surface area contributed by atoms with Crippen molar-refractivity contribution >= 4 is 29.0 Å². The van der Waals surface area contributed by atoms with E-state index in [1.54, 1.807) is 6.20 Å². The molecule has 2 heterocycles. The Labute approximate surface area is 152 Å². The average molecular weight is 357 g/mol. The molecule has 3 N–H and O–H groups in total. The van der Waals surface area contributed by atoms with E-state index in [0.29, 0.717) is 11.8 Å². The second kappa shape index (κ2) is 9.07. The Morgan fingerprint density at radius 3 is 2.65 bits per heavy atom. The lowest BCUT2D eigenvalue weighted by Crippen LogP contribution is -2.39. The van der Waals surface area contributed by atoms with Gasteiger partial charge >= 0.3 is 0 Å². The van der Waals surface area contributed by atoms with Crippen LogP contribution < -0.4 is 16.0 Å². The normalized spacial score (nSPS) is 14.7. The molecule has 26 heavy (non-hydrogen) atoms. The second-order valence-corrected chi connectivity index (χ2v) is 5.93. The standard InChI is InChI=1S/C17H23N7O2/c1-13(25)20-14-2-4-15(5-3-14)21-17-22-16(12-19-23-17)18-6-7-24-8-10-26-11-9-24/h2-5,12H,6-11H2,1H3,(H,20,25)(H2,18,21,22,23). The van der Waals surface area contributed by atoms with Gasteiger partial charge < -0.3 is 20.7 Å². The van der Waals surface area contributed by atoms with Crippen LogP contribution in [0.2, 0.25) is 0 Å². The van der Waals surface area contributed by atoms with E-state index in [9.17, 15) is 4.79 Å². The van der Waals surface area contributed by atoms with Gasteiger partial charge in [0.05, 0.1) is 19.4 Å². The molecular weight excluding hydrogens is 334 g/mol. The molecule has 9 nitrogen and oxygen atoms in total. The summed E-state index contributed by atoms with van der Waals surface area (Å²) in [5.74, 6) is 0.980. The third-order valence-corrected chi connectivity index (χ3v) is 3.86. The summed E-state index contributed by atoms with van der Waals surface area (Å²) in [6.45, 7) is 6.71. The van der Waals surface area contributed by atoms with Gasteiger partial charge in [0.15, 0.2) is 5.82 Å². The van der Waals surface area contributed by atoms with Crippen molar-refractivity contribution in [1.82, 2.24) is 20.1 Å². The Bertz CT molecular complexity index is 717. The highest BCUT2D eigenvalue weighted by molar-refractivity contribution is 5.88. The zero-order chi connectivity index (χ0) is 18.2. The predicted molar refractivity (Wildman–Crippen MR) is 99.6 cm³/mol. The summed E-state index contributed by atoms with van der Waals surface area (Å²) in [5, 5.41) is 17.1. The Morgan fingerprint density at radius 2 is 1.92 bits per heavy atom. The molecule has 3 rings (SSSR count). The van der Waals surface area contributed by atoms with Crippen LogP contribution in [-0.2, 0) is 9.53 Å². The molecule has 1 aliphatic heterocycles. The number of nitrogens with zero attached hydrogens (tertiary/aromatic N) is 4. The monoisotopic (exact) mass is 357 g/mol. The minimum Gasteiger partial charge on any atom is -0.379 e. The molecular formula is C17H23N7O2. The van der Waals surface area contributed by atoms with E-state index in [1.807, 2.05) is 24.3 Å². The molecule has 1 aromatic heterocycles. The third kappa shape index (κ3) is 5.64. The Hall–Kier alpha value is -2.78. The van der Waals surface area contributed by atoms with Crippen molar-refractivity contribution in [2.45, 2.75) is 6.92 Å². The number of nitrogens with one attached hydrogen (secondary N) is 3. The molecule has 138 valence electrons. The lowest BCUT2D eigenvalue weighted by Gasteiger charge is -2.26. The summed E-state index contributed by atoms with van der Waals surface area (Å²) < 4.78 is 5.34. The van der Waals surface area contributed by atoms with Gasteiger partial charge in [-0.25, -0.2) is 0 Å². The smallest absolute Gasteiger partial charge is 0.249 e. The van der Waals surface area contributed by atoms with Gasteiger partial charge in [0.1, 0.15) is 0 Å². The number of hydrogen-bond acceptors (Lipinski definition) is 8. The molecule has 0 saturated carbocycles. The molecule has 0 bridgehead atoms. The van der Waals surface area contributed by atoms with Crippen molar-refractivity contribution in [3.8, 4) is 0 Å². The highest BCUT2D eigenvalue weighted by atomic mass is 16.5.